The Balaban J connectivity index is 1.67. The van der Waals surface area contributed by atoms with Crippen molar-refractivity contribution >= 4 is 11.8 Å². The first-order valence-electron chi connectivity index (χ1n) is 10.1. The zero-order valence-electron chi connectivity index (χ0n) is 18.3. The summed E-state index contributed by atoms with van der Waals surface area (Å²) in [6, 6.07) is 10.4. The van der Waals surface area contributed by atoms with Gasteiger partial charge in [0, 0.05) is 19.1 Å². The summed E-state index contributed by atoms with van der Waals surface area (Å²) in [4.78, 5) is 27.8. The largest absolute Gasteiger partial charge is 0.496 e. The minimum atomic E-state index is -0.259. The van der Waals surface area contributed by atoms with Crippen LogP contribution in [-0.2, 0) is 0 Å². The average molecular weight is 428 g/mol. The quantitative estimate of drug-likeness (QED) is 0.730. The molecule has 0 spiro atoms. The Labute approximate surface area is 182 Å². The highest BCUT2D eigenvalue weighted by Gasteiger charge is 2.29. The molecule has 0 radical (unpaired) electrons. The highest BCUT2D eigenvalue weighted by molar-refractivity contribution is 6.00. The highest BCUT2D eigenvalue weighted by Crippen LogP contribution is 2.31. The van der Waals surface area contributed by atoms with Gasteiger partial charge in [0.05, 0.1) is 28.4 Å². The molecule has 0 bridgehead atoms. The number of amides is 2. The summed E-state index contributed by atoms with van der Waals surface area (Å²) >= 11 is 0. The first-order valence-corrected chi connectivity index (χ1v) is 10.1. The molecule has 0 saturated carbocycles. The minimum Gasteiger partial charge on any atom is -0.496 e. The molecule has 0 atom stereocenters. The van der Waals surface area contributed by atoms with Gasteiger partial charge in [0.15, 0.2) is 0 Å². The topological polar surface area (TPSA) is 86.3 Å². The predicted molar refractivity (Wildman–Crippen MR) is 115 cm³/mol. The molecule has 8 nitrogen and oxygen atoms in total. The fourth-order valence-electron chi connectivity index (χ4n) is 3.78. The van der Waals surface area contributed by atoms with Crippen LogP contribution in [0.25, 0.3) is 0 Å². The molecule has 1 fully saturated rings. The smallest absolute Gasteiger partial charge is 0.261 e. The summed E-state index contributed by atoms with van der Waals surface area (Å²) in [6.45, 7) is 1.02. The van der Waals surface area contributed by atoms with Gasteiger partial charge in [-0.05, 0) is 37.1 Å². The summed E-state index contributed by atoms with van der Waals surface area (Å²) in [5.74, 6) is 1.45. The standard InChI is InChI=1S/C23H28N2O6/c1-28-16-7-5-8-17(29-2)20(16)22(26)24-15-11-13-25(14-12-15)23(27)21-18(30-3)9-6-10-19(21)31-4/h5-10,15H,11-14H2,1-4H3,(H,24,26). The van der Waals surface area contributed by atoms with Gasteiger partial charge in [0.2, 0.25) is 0 Å². The Bertz CT molecular complexity index is 893. The third-order valence-electron chi connectivity index (χ3n) is 5.41. The summed E-state index contributed by atoms with van der Waals surface area (Å²) in [6.07, 6.45) is 1.26. The van der Waals surface area contributed by atoms with Gasteiger partial charge in [0.25, 0.3) is 11.8 Å². The number of carbonyl (C=O) groups excluding carboxylic acids is 2. The average Bonchev–Trinajstić information content (AvgIpc) is 2.82. The number of hydrogen-bond acceptors (Lipinski definition) is 6. The van der Waals surface area contributed by atoms with E-state index >= 15 is 0 Å². The summed E-state index contributed by atoms with van der Waals surface area (Å²) in [5.41, 5.74) is 0.776. The molecule has 3 rings (SSSR count). The van der Waals surface area contributed by atoms with Crippen molar-refractivity contribution < 1.29 is 28.5 Å². The normalized spacial score (nSPS) is 14.0. The number of benzene rings is 2. The van der Waals surface area contributed by atoms with Gasteiger partial charge in [-0.2, -0.15) is 0 Å². The van der Waals surface area contributed by atoms with Crippen LogP contribution < -0.4 is 24.3 Å². The molecule has 0 unspecified atom stereocenters. The number of nitrogens with one attached hydrogen (secondary N) is 1. The van der Waals surface area contributed by atoms with E-state index in [-0.39, 0.29) is 17.9 Å². The number of methoxy groups -OCH3 is 4. The van der Waals surface area contributed by atoms with E-state index in [0.29, 0.717) is 60.1 Å². The first kappa shape index (κ1) is 22.3. The SMILES string of the molecule is COc1cccc(OC)c1C(=O)NC1CCN(C(=O)c2c(OC)cccc2OC)CC1. The zero-order chi connectivity index (χ0) is 22.4. The van der Waals surface area contributed by atoms with Gasteiger partial charge in [-0.3, -0.25) is 9.59 Å². The maximum atomic E-state index is 13.1. The van der Waals surface area contributed by atoms with E-state index in [1.807, 2.05) is 0 Å². The lowest BCUT2D eigenvalue weighted by molar-refractivity contribution is 0.0691. The van der Waals surface area contributed by atoms with Crippen LogP contribution in [0.3, 0.4) is 0 Å². The molecule has 31 heavy (non-hydrogen) atoms. The lowest BCUT2D eigenvalue weighted by Gasteiger charge is -2.33. The maximum Gasteiger partial charge on any atom is 0.261 e. The van der Waals surface area contributed by atoms with Crippen molar-refractivity contribution in [2.24, 2.45) is 0 Å². The second-order valence-electron chi connectivity index (χ2n) is 7.12. The zero-order valence-corrected chi connectivity index (χ0v) is 18.3. The molecule has 2 aromatic carbocycles. The van der Waals surface area contributed by atoms with Gasteiger partial charge in [-0.15, -0.1) is 0 Å². The van der Waals surface area contributed by atoms with Crippen molar-refractivity contribution in [1.29, 1.82) is 0 Å². The molecule has 1 N–H and O–H groups in total. The number of hydrogen-bond donors (Lipinski definition) is 1. The summed E-state index contributed by atoms with van der Waals surface area (Å²) < 4.78 is 21.4. The Morgan fingerprint density at radius 3 is 1.61 bits per heavy atom. The molecule has 0 aliphatic carbocycles. The maximum absolute atomic E-state index is 13.1. The van der Waals surface area contributed by atoms with Crippen LogP contribution in [0.2, 0.25) is 0 Å². The fraction of sp³-hybridized carbons (Fsp3) is 0.391. The van der Waals surface area contributed by atoms with Crippen LogP contribution in [0.5, 0.6) is 23.0 Å². The molecule has 2 amide bonds. The second kappa shape index (κ2) is 10.1. The lowest BCUT2D eigenvalue weighted by atomic mass is 10.0. The molecule has 0 aromatic heterocycles. The summed E-state index contributed by atoms with van der Waals surface area (Å²) in [7, 11) is 6.09. The third kappa shape index (κ3) is 4.68. The van der Waals surface area contributed by atoms with Gasteiger partial charge in [-0.25, -0.2) is 0 Å². The third-order valence-corrected chi connectivity index (χ3v) is 5.41. The van der Waals surface area contributed by atoms with Crippen LogP contribution in [0.1, 0.15) is 33.6 Å². The number of piperidine rings is 1. The monoisotopic (exact) mass is 428 g/mol. The predicted octanol–water partition coefficient (Wildman–Crippen LogP) is 2.76. The van der Waals surface area contributed by atoms with Crippen LogP contribution in [-0.4, -0.2) is 64.3 Å². The molecule has 1 aliphatic heterocycles. The highest BCUT2D eigenvalue weighted by atomic mass is 16.5. The van der Waals surface area contributed by atoms with E-state index in [1.54, 1.807) is 41.3 Å². The van der Waals surface area contributed by atoms with Crippen LogP contribution in [0.4, 0.5) is 0 Å². The number of likely N-dealkylation sites (tertiary alicyclic amines) is 1. The van der Waals surface area contributed by atoms with Crippen LogP contribution in [0, 0.1) is 0 Å². The molecule has 1 saturated heterocycles. The molecular formula is C23H28N2O6. The van der Waals surface area contributed by atoms with Gasteiger partial charge in [-0.1, -0.05) is 12.1 Å². The van der Waals surface area contributed by atoms with Crippen molar-refractivity contribution in [3.05, 3.63) is 47.5 Å². The number of carbonyl (C=O) groups is 2. The first-order chi connectivity index (χ1) is 15.0. The number of nitrogens with zero attached hydrogens (tertiary/aromatic N) is 1. The van der Waals surface area contributed by atoms with Crippen molar-refractivity contribution in [1.82, 2.24) is 10.2 Å². The van der Waals surface area contributed by atoms with Crippen molar-refractivity contribution in [3.63, 3.8) is 0 Å². The molecule has 8 heteroatoms. The second-order valence-corrected chi connectivity index (χ2v) is 7.12. The van der Waals surface area contributed by atoms with E-state index in [1.165, 1.54) is 28.4 Å². The Morgan fingerprint density at radius 2 is 1.19 bits per heavy atom. The fourth-order valence-corrected chi connectivity index (χ4v) is 3.78. The molecular weight excluding hydrogens is 400 g/mol. The van der Waals surface area contributed by atoms with Gasteiger partial charge in [0.1, 0.15) is 34.1 Å². The van der Waals surface area contributed by atoms with Crippen LogP contribution >= 0.6 is 0 Å². The van der Waals surface area contributed by atoms with E-state index in [2.05, 4.69) is 5.32 Å². The van der Waals surface area contributed by atoms with E-state index < -0.39 is 0 Å². The van der Waals surface area contributed by atoms with Crippen molar-refractivity contribution in [2.75, 3.05) is 41.5 Å². The van der Waals surface area contributed by atoms with E-state index in [0.717, 1.165) is 0 Å². The molecule has 2 aromatic rings. The van der Waals surface area contributed by atoms with E-state index in [4.69, 9.17) is 18.9 Å². The Kier molecular flexibility index (Phi) is 7.23. The lowest BCUT2D eigenvalue weighted by Crippen LogP contribution is -2.46. The molecule has 166 valence electrons. The minimum absolute atomic E-state index is 0.0641. The van der Waals surface area contributed by atoms with Gasteiger partial charge < -0.3 is 29.2 Å². The van der Waals surface area contributed by atoms with Crippen molar-refractivity contribution in [2.45, 2.75) is 18.9 Å². The molecule has 1 aliphatic rings. The number of ether oxygens (including phenoxy) is 4. The summed E-state index contributed by atoms with van der Waals surface area (Å²) in [5, 5.41) is 3.04. The molecule has 1 heterocycles. The van der Waals surface area contributed by atoms with Crippen LogP contribution in [0.15, 0.2) is 36.4 Å². The Morgan fingerprint density at radius 1 is 0.774 bits per heavy atom. The number of rotatable bonds is 7. The van der Waals surface area contributed by atoms with Crippen molar-refractivity contribution in [3.8, 4) is 23.0 Å². The Hall–Kier alpha value is -3.42. The van der Waals surface area contributed by atoms with Gasteiger partial charge >= 0.3 is 0 Å². The van der Waals surface area contributed by atoms with E-state index in [9.17, 15) is 9.59 Å².